The zero-order chi connectivity index (χ0) is 17.1. The highest BCUT2D eigenvalue weighted by atomic mass is 16.2. The van der Waals surface area contributed by atoms with E-state index in [0.29, 0.717) is 23.7 Å². The summed E-state index contributed by atoms with van der Waals surface area (Å²) in [5.74, 6) is 3.09. The lowest BCUT2D eigenvalue weighted by Gasteiger charge is -2.31. The van der Waals surface area contributed by atoms with Gasteiger partial charge in [0, 0.05) is 31.9 Å². The van der Waals surface area contributed by atoms with E-state index < -0.39 is 0 Å². The first kappa shape index (κ1) is 16.8. The first-order valence-corrected chi connectivity index (χ1v) is 10.1. The minimum Gasteiger partial charge on any atom is -0.338 e. The first-order chi connectivity index (χ1) is 12.3. The number of carbonyl (C=O) groups excluding carboxylic acids is 1. The zero-order valence-electron chi connectivity index (χ0n) is 15.1. The van der Waals surface area contributed by atoms with Crippen LogP contribution >= 0.6 is 0 Å². The van der Waals surface area contributed by atoms with Gasteiger partial charge in [-0.2, -0.15) is 0 Å². The number of fused-ring (bicyclic) bond motifs is 2. The van der Waals surface area contributed by atoms with Crippen LogP contribution in [0.2, 0.25) is 0 Å². The molecule has 1 aromatic heterocycles. The standard InChI is InChI=1S/C22H30N2O/c25-22(13-17-5-2-1-3-6-17)24(15-19-7-4-10-23-14-19)16-21-12-18-8-9-20(21)11-18/h4,7-10,14,17-18,20-21H,1-3,5-6,11-13,15-16H2/t18-,20-,21+/m0/s1. The van der Waals surface area contributed by atoms with Crippen LogP contribution in [-0.2, 0) is 11.3 Å². The number of allylic oxidation sites excluding steroid dienone is 2. The van der Waals surface area contributed by atoms with Gasteiger partial charge in [-0.3, -0.25) is 9.78 Å². The predicted octanol–water partition coefficient (Wildman–Crippen LogP) is 4.59. The molecule has 3 atom stereocenters. The van der Waals surface area contributed by atoms with E-state index in [2.05, 4.69) is 28.1 Å². The van der Waals surface area contributed by atoms with Crippen LogP contribution in [0.3, 0.4) is 0 Å². The molecule has 0 unspecified atom stereocenters. The Bertz CT molecular complexity index is 606. The normalized spacial score (nSPS) is 28.4. The third-order valence-electron chi connectivity index (χ3n) is 6.51. The minimum absolute atomic E-state index is 0.363. The van der Waals surface area contributed by atoms with E-state index in [4.69, 9.17) is 0 Å². The van der Waals surface area contributed by atoms with Gasteiger partial charge in [-0.05, 0) is 61.0 Å². The molecule has 2 bridgehead atoms. The van der Waals surface area contributed by atoms with E-state index in [1.807, 2.05) is 12.3 Å². The molecule has 4 rings (SSSR count). The Hall–Kier alpha value is -1.64. The van der Waals surface area contributed by atoms with Crippen molar-refractivity contribution in [2.24, 2.45) is 23.7 Å². The second-order valence-corrected chi connectivity index (χ2v) is 8.38. The molecular weight excluding hydrogens is 308 g/mol. The number of rotatable bonds is 6. The summed E-state index contributed by atoms with van der Waals surface area (Å²) in [6.07, 6.45) is 18.2. The molecule has 3 aliphatic rings. The van der Waals surface area contributed by atoms with Gasteiger partial charge in [-0.25, -0.2) is 0 Å². The maximum atomic E-state index is 13.1. The van der Waals surface area contributed by atoms with Crippen molar-refractivity contribution >= 4 is 5.91 Å². The highest BCUT2D eigenvalue weighted by Gasteiger charge is 2.37. The van der Waals surface area contributed by atoms with Crippen molar-refractivity contribution in [1.82, 2.24) is 9.88 Å². The maximum absolute atomic E-state index is 13.1. The molecule has 0 N–H and O–H groups in total. The second-order valence-electron chi connectivity index (χ2n) is 8.38. The fourth-order valence-corrected chi connectivity index (χ4v) is 5.12. The van der Waals surface area contributed by atoms with Gasteiger partial charge in [-0.1, -0.05) is 37.5 Å². The van der Waals surface area contributed by atoms with E-state index in [0.717, 1.165) is 31.0 Å². The van der Waals surface area contributed by atoms with Crippen LogP contribution in [0.25, 0.3) is 0 Å². The molecule has 3 nitrogen and oxygen atoms in total. The molecule has 0 spiro atoms. The van der Waals surface area contributed by atoms with Crippen LogP contribution in [0.4, 0.5) is 0 Å². The molecule has 134 valence electrons. The molecule has 25 heavy (non-hydrogen) atoms. The van der Waals surface area contributed by atoms with Crippen molar-refractivity contribution in [3.05, 3.63) is 42.2 Å². The Morgan fingerprint density at radius 1 is 1.16 bits per heavy atom. The van der Waals surface area contributed by atoms with Crippen molar-refractivity contribution in [2.75, 3.05) is 6.54 Å². The van der Waals surface area contributed by atoms with Gasteiger partial charge in [0.1, 0.15) is 0 Å². The highest BCUT2D eigenvalue weighted by Crippen LogP contribution is 2.43. The fourth-order valence-electron chi connectivity index (χ4n) is 5.12. The molecule has 0 aliphatic heterocycles. The molecule has 0 radical (unpaired) electrons. The summed E-state index contributed by atoms with van der Waals surface area (Å²) >= 11 is 0. The van der Waals surface area contributed by atoms with E-state index in [1.54, 1.807) is 6.20 Å². The predicted molar refractivity (Wildman–Crippen MR) is 99.7 cm³/mol. The summed E-state index contributed by atoms with van der Waals surface area (Å²) in [6.45, 7) is 1.64. The summed E-state index contributed by atoms with van der Waals surface area (Å²) < 4.78 is 0. The molecule has 1 amide bonds. The number of nitrogens with zero attached hydrogens (tertiary/aromatic N) is 2. The van der Waals surface area contributed by atoms with Crippen LogP contribution in [0.15, 0.2) is 36.7 Å². The highest BCUT2D eigenvalue weighted by molar-refractivity contribution is 5.76. The topological polar surface area (TPSA) is 33.2 Å². The molecule has 3 aliphatic carbocycles. The third-order valence-corrected chi connectivity index (χ3v) is 6.51. The average molecular weight is 338 g/mol. The van der Waals surface area contributed by atoms with Crippen LogP contribution in [-0.4, -0.2) is 22.3 Å². The van der Waals surface area contributed by atoms with Gasteiger partial charge in [0.25, 0.3) is 0 Å². The van der Waals surface area contributed by atoms with Crippen LogP contribution < -0.4 is 0 Å². The van der Waals surface area contributed by atoms with E-state index in [-0.39, 0.29) is 0 Å². The first-order valence-electron chi connectivity index (χ1n) is 10.1. The van der Waals surface area contributed by atoms with Crippen molar-refractivity contribution in [3.8, 4) is 0 Å². The van der Waals surface area contributed by atoms with Gasteiger partial charge in [0.15, 0.2) is 0 Å². The Labute approximate surface area is 151 Å². The largest absolute Gasteiger partial charge is 0.338 e. The lowest BCUT2D eigenvalue weighted by Crippen LogP contribution is -2.37. The second kappa shape index (κ2) is 7.72. The fraction of sp³-hybridized carbons (Fsp3) is 0.636. The Morgan fingerprint density at radius 2 is 2.04 bits per heavy atom. The van der Waals surface area contributed by atoms with Gasteiger partial charge < -0.3 is 4.90 Å². The van der Waals surface area contributed by atoms with Crippen molar-refractivity contribution in [3.63, 3.8) is 0 Å². The van der Waals surface area contributed by atoms with Gasteiger partial charge in [0.2, 0.25) is 5.91 Å². The number of pyridine rings is 1. The Kier molecular flexibility index (Phi) is 5.19. The lowest BCUT2D eigenvalue weighted by atomic mass is 9.86. The van der Waals surface area contributed by atoms with Gasteiger partial charge in [0.05, 0.1) is 0 Å². The van der Waals surface area contributed by atoms with E-state index in [1.165, 1.54) is 44.9 Å². The van der Waals surface area contributed by atoms with Gasteiger partial charge in [-0.15, -0.1) is 0 Å². The molecule has 2 saturated carbocycles. The number of carbonyl (C=O) groups is 1. The maximum Gasteiger partial charge on any atom is 0.223 e. The van der Waals surface area contributed by atoms with Crippen LogP contribution in [0.1, 0.15) is 56.9 Å². The lowest BCUT2D eigenvalue weighted by molar-refractivity contribution is -0.133. The molecule has 1 aromatic rings. The average Bonchev–Trinajstić information content (AvgIpc) is 3.26. The Balaban J connectivity index is 1.42. The van der Waals surface area contributed by atoms with Crippen molar-refractivity contribution in [1.29, 1.82) is 0 Å². The zero-order valence-corrected chi connectivity index (χ0v) is 15.1. The van der Waals surface area contributed by atoms with Crippen molar-refractivity contribution in [2.45, 2.75) is 57.9 Å². The SMILES string of the molecule is O=C(CC1CCCCC1)N(Cc1cccnc1)C[C@H]1C[C@H]2C=C[C@H]1C2. The van der Waals surface area contributed by atoms with Crippen molar-refractivity contribution < 1.29 is 4.79 Å². The number of hydrogen-bond donors (Lipinski definition) is 0. The van der Waals surface area contributed by atoms with Gasteiger partial charge >= 0.3 is 0 Å². The molecule has 0 aromatic carbocycles. The molecule has 1 heterocycles. The summed E-state index contributed by atoms with van der Waals surface area (Å²) in [6, 6.07) is 4.06. The number of hydrogen-bond acceptors (Lipinski definition) is 2. The number of amides is 1. The third kappa shape index (κ3) is 4.13. The molecule has 2 fully saturated rings. The number of aromatic nitrogens is 1. The summed E-state index contributed by atoms with van der Waals surface area (Å²) in [4.78, 5) is 19.5. The summed E-state index contributed by atoms with van der Waals surface area (Å²) in [5, 5.41) is 0. The summed E-state index contributed by atoms with van der Waals surface area (Å²) in [5.41, 5.74) is 1.15. The molecule has 3 heteroatoms. The quantitative estimate of drug-likeness (QED) is 0.711. The summed E-state index contributed by atoms with van der Waals surface area (Å²) in [7, 11) is 0. The smallest absolute Gasteiger partial charge is 0.223 e. The van der Waals surface area contributed by atoms with Crippen LogP contribution in [0, 0.1) is 23.7 Å². The monoisotopic (exact) mass is 338 g/mol. The van der Waals surface area contributed by atoms with Crippen LogP contribution in [0.5, 0.6) is 0 Å². The van der Waals surface area contributed by atoms with E-state index >= 15 is 0 Å². The molecule has 0 saturated heterocycles. The minimum atomic E-state index is 0.363. The Morgan fingerprint density at radius 3 is 2.72 bits per heavy atom. The van der Waals surface area contributed by atoms with E-state index in [9.17, 15) is 4.79 Å². The molecular formula is C22H30N2O.